The lowest BCUT2D eigenvalue weighted by Crippen LogP contribution is -2.23. The molecule has 0 spiro atoms. The normalized spacial score (nSPS) is 10.6. The molecule has 2 aromatic carbocycles. The molecule has 0 aliphatic carbocycles. The Kier molecular flexibility index (Phi) is 5.45. The summed E-state index contributed by atoms with van der Waals surface area (Å²) >= 11 is 0. The Bertz CT molecular complexity index is 1020. The van der Waals surface area contributed by atoms with Crippen molar-refractivity contribution in [1.82, 2.24) is 4.98 Å². The summed E-state index contributed by atoms with van der Waals surface area (Å²) in [5, 5.41) is 4.03. The average molecular weight is 366 g/mol. The van der Waals surface area contributed by atoms with Crippen molar-refractivity contribution in [2.45, 2.75) is 20.4 Å². The van der Waals surface area contributed by atoms with Gasteiger partial charge in [-0.25, -0.2) is 4.79 Å². The summed E-state index contributed by atoms with van der Waals surface area (Å²) < 4.78 is 10.3. The van der Waals surface area contributed by atoms with Crippen LogP contribution in [0.1, 0.15) is 28.4 Å². The molecule has 1 heterocycles. The van der Waals surface area contributed by atoms with Crippen molar-refractivity contribution in [3.8, 4) is 5.75 Å². The Morgan fingerprint density at radius 2 is 1.89 bits per heavy atom. The van der Waals surface area contributed by atoms with Gasteiger partial charge in [0.2, 0.25) is 0 Å². The molecule has 3 aromatic rings. The Morgan fingerprint density at radius 3 is 2.56 bits per heavy atom. The van der Waals surface area contributed by atoms with Gasteiger partial charge >= 0.3 is 5.97 Å². The molecule has 1 aromatic heterocycles. The number of carbonyl (C=O) groups is 1. The van der Waals surface area contributed by atoms with Gasteiger partial charge in [-0.2, -0.15) is 0 Å². The molecule has 140 valence electrons. The molecule has 0 bridgehead atoms. The zero-order chi connectivity index (χ0) is 19.4. The number of H-pyrrole nitrogens is 1. The molecular weight excluding hydrogens is 344 g/mol. The number of fused-ring (bicyclic) bond motifs is 1. The summed E-state index contributed by atoms with van der Waals surface area (Å²) in [6.45, 7) is 4.31. The Morgan fingerprint density at radius 1 is 1.15 bits per heavy atom. The number of nitrogens with one attached hydrogen (secondary N) is 2. The van der Waals surface area contributed by atoms with Crippen LogP contribution in [0.4, 0.5) is 5.69 Å². The molecule has 2 N–H and O–H groups in total. The number of hydrogen-bond donors (Lipinski definition) is 2. The lowest BCUT2D eigenvalue weighted by Gasteiger charge is -2.14. The van der Waals surface area contributed by atoms with E-state index >= 15 is 0 Å². The summed E-state index contributed by atoms with van der Waals surface area (Å²) in [5.74, 6) is 0.127. The molecule has 0 unspecified atom stereocenters. The quantitative estimate of drug-likeness (QED) is 0.651. The molecule has 0 saturated heterocycles. The van der Waals surface area contributed by atoms with Crippen LogP contribution in [0.2, 0.25) is 0 Å². The minimum Gasteiger partial charge on any atom is -0.497 e. The van der Waals surface area contributed by atoms with E-state index in [-0.39, 0.29) is 12.2 Å². The highest BCUT2D eigenvalue weighted by molar-refractivity contribution is 6.04. The van der Waals surface area contributed by atoms with E-state index in [9.17, 15) is 9.59 Å². The number of aromatic nitrogens is 1. The summed E-state index contributed by atoms with van der Waals surface area (Å²) in [6, 6.07) is 13.3. The first-order chi connectivity index (χ1) is 13.0. The van der Waals surface area contributed by atoms with Crippen LogP contribution in [-0.4, -0.2) is 24.7 Å². The molecule has 0 radical (unpaired) electrons. The monoisotopic (exact) mass is 366 g/mol. The average Bonchev–Trinajstić information content (AvgIpc) is 2.66. The first-order valence-electron chi connectivity index (χ1n) is 8.74. The molecule has 0 saturated carbocycles. The van der Waals surface area contributed by atoms with E-state index in [0.717, 1.165) is 22.3 Å². The zero-order valence-corrected chi connectivity index (χ0v) is 15.6. The smallest absolute Gasteiger partial charge is 0.345 e. The number of pyridine rings is 1. The van der Waals surface area contributed by atoms with E-state index in [0.29, 0.717) is 17.7 Å². The molecule has 0 aliphatic heterocycles. The van der Waals surface area contributed by atoms with Crippen molar-refractivity contribution < 1.29 is 14.3 Å². The van der Waals surface area contributed by atoms with Gasteiger partial charge in [0.1, 0.15) is 11.3 Å². The van der Waals surface area contributed by atoms with Gasteiger partial charge in [-0.15, -0.1) is 0 Å². The van der Waals surface area contributed by atoms with Crippen molar-refractivity contribution in [3.05, 3.63) is 69.5 Å². The van der Waals surface area contributed by atoms with Crippen LogP contribution in [0.3, 0.4) is 0 Å². The number of methoxy groups -OCH3 is 1. The summed E-state index contributed by atoms with van der Waals surface area (Å²) in [7, 11) is 1.61. The number of hydrogen-bond acceptors (Lipinski definition) is 5. The standard InChI is InChI=1S/C21H22N2O4/c1-4-27-21(25)18-19(22-12-14-6-8-15(26-3)9-7-14)16-11-13(2)5-10-17(16)23-20(18)24/h5-11H,4,12H2,1-3H3,(H2,22,23,24). The first-order valence-corrected chi connectivity index (χ1v) is 8.74. The van der Waals surface area contributed by atoms with Crippen molar-refractivity contribution >= 4 is 22.6 Å². The number of esters is 1. The van der Waals surface area contributed by atoms with Gasteiger partial charge < -0.3 is 19.8 Å². The second-order valence-electron chi connectivity index (χ2n) is 6.18. The number of anilines is 1. The largest absolute Gasteiger partial charge is 0.497 e. The number of benzene rings is 2. The van der Waals surface area contributed by atoms with Gasteiger partial charge in [0.15, 0.2) is 0 Å². The number of ether oxygens (including phenoxy) is 2. The number of rotatable bonds is 6. The predicted molar refractivity (Wildman–Crippen MR) is 106 cm³/mol. The molecule has 27 heavy (non-hydrogen) atoms. The second kappa shape index (κ2) is 7.95. The lowest BCUT2D eigenvalue weighted by atomic mass is 10.1. The van der Waals surface area contributed by atoms with Crippen LogP contribution in [-0.2, 0) is 11.3 Å². The maximum atomic E-state index is 12.5. The van der Waals surface area contributed by atoms with E-state index in [1.165, 1.54) is 0 Å². The van der Waals surface area contributed by atoms with Crippen LogP contribution in [0.15, 0.2) is 47.3 Å². The highest BCUT2D eigenvalue weighted by Gasteiger charge is 2.20. The molecule has 0 atom stereocenters. The van der Waals surface area contributed by atoms with Crippen molar-refractivity contribution in [1.29, 1.82) is 0 Å². The highest BCUT2D eigenvalue weighted by Crippen LogP contribution is 2.26. The maximum absolute atomic E-state index is 12.5. The molecule has 0 aliphatic rings. The van der Waals surface area contributed by atoms with E-state index in [4.69, 9.17) is 9.47 Å². The van der Waals surface area contributed by atoms with Gasteiger partial charge in [-0.05, 0) is 43.7 Å². The van der Waals surface area contributed by atoms with Crippen LogP contribution in [0.5, 0.6) is 5.75 Å². The minimum atomic E-state index is -0.639. The van der Waals surface area contributed by atoms with Crippen molar-refractivity contribution in [3.63, 3.8) is 0 Å². The number of aryl methyl sites for hydroxylation is 1. The summed E-state index contributed by atoms with van der Waals surface area (Å²) in [6.07, 6.45) is 0. The summed E-state index contributed by atoms with van der Waals surface area (Å²) in [4.78, 5) is 27.7. The van der Waals surface area contributed by atoms with Crippen molar-refractivity contribution in [2.24, 2.45) is 0 Å². The van der Waals surface area contributed by atoms with E-state index in [1.54, 1.807) is 14.0 Å². The van der Waals surface area contributed by atoms with Gasteiger partial charge in [-0.1, -0.05) is 23.8 Å². The van der Waals surface area contributed by atoms with Crippen LogP contribution in [0, 0.1) is 6.92 Å². The van der Waals surface area contributed by atoms with E-state index < -0.39 is 11.5 Å². The molecular formula is C21H22N2O4. The maximum Gasteiger partial charge on any atom is 0.345 e. The fourth-order valence-corrected chi connectivity index (χ4v) is 2.92. The summed E-state index contributed by atoms with van der Waals surface area (Å²) in [5.41, 5.74) is 2.68. The van der Waals surface area contributed by atoms with Gasteiger partial charge in [0.05, 0.1) is 24.9 Å². The van der Waals surface area contributed by atoms with Crippen LogP contribution >= 0.6 is 0 Å². The van der Waals surface area contributed by atoms with Crippen LogP contribution in [0.25, 0.3) is 10.9 Å². The van der Waals surface area contributed by atoms with Gasteiger partial charge in [-0.3, -0.25) is 4.79 Å². The van der Waals surface area contributed by atoms with Gasteiger partial charge in [0, 0.05) is 11.9 Å². The molecule has 0 amide bonds. The lowest BCUT2D eigenvalue weighted by molar-refractivity contribution is 0.0525. The minimum absolute atomic E-state index is 0.0107. The Hall–Kier alpha value is -3.28. The van der Waals surface area contributed by atoms with Crippen molar-refractivity contribution in [2.75, 3.05) is 19.0 Å². The first kappa shape index (κ1) is 18.5. The SMILES string of the molecule is CCOC(=O)c1c(NCc2ccc(OC)cc2)c2cc(C)ccc2[nH]c1=O. The second-order valence-corrected chi connectivity index (χ2v) is 6.18. The molecule has 6 heteroatoms. The topological polar surface area (TPSA) is 80.4 Å². The highest BCUT2D eigenvalue weighted by atomic mass is 16.5. The molecule has 3 rings (SSSR count). The van der Waals surface area contributed by atoms with E-state index in [1.807, 2.05) is 49.4 Å². The number of aromatic amines is 1. The van der Waals surface area contributed by atoms with Crippen LogP contribution < -0.4 is 15.6 Å². The third kappa shape index (κ3) is 3.95. The Balaban J connectivity index is 2.06. The fraction of sp³-hybridized carbons (Fsp3) is 0.238. The fourth-order valence-electron chi connectivity index (χ4n) is 2.92. The molecule has 0 fully saturated rings. The van der Waals surface area contributed by atoms with Gasteiger partial charge in [0.25, 0.3) is 5.56 Å². The van der Waals surface area contributed by atoms with E-state index in [2.05, 4.69) is 10.3 Å². The third-order valence-corrected chi connectivity index (χ3v) is 4.28. The predicted octanol–water partition coefficient (Wildman–Crippen LogP) is 3.63. The third-order valence-electron chi connectivity index (χ3n) is 4.28. The Labute approximate surface area is 157 Å². The number of carbonyl (C=O) groups excluding carboxylic acids is 1. The zero-order valence-electron chi connectivity index (χ0n) is 15.6. The molecule has 6 nitrogen and oxygen atoms in total.